The number of hydrogen-bond acceptors (Lipinski definition) is 5. The molecule has 0 bridgehead atoms. The van der Waals surface area contributed by atoms with Crippen molar-refractivity contribution in [2.75, 3.05) is 6.61 Å². The van der Waals surface area contributed by atoms with Crippen LogP contribution in [0.5, 0.6) is 0 Å². The maximum Gasteiger partial charge on any atom is 0.225 e. The lowest BCUT2D eigenvalue weighted by molar-refractivity contribution is -0.133. The largest absolute Gasteiger partial charge is 0.368 e. The predicted molar refractivity (Wildman–Crippen MR) is 82.3 cm³/mol. The Morgan fingerprint density at radius 1 is 1.29 bits per heavy atom. The molecule has 0 rings (SSSR count). The van der Waals surface area contributed by atoms with Gasteiger partial charge in [0.2, 0.25) is 5.91 Å². The molecule has 0 saturated heterocycles. The van der Waals surface area contributed by atoms with Crippen LogP contribution < -0.4 is 11.1 Å². The number of nitrogens with one attached hydrogen (secondary N) is 1. The molecule has 1 atom stereocenters. The van der Waals surface area contributed by atoms with Gasteiger partial charge in [-0.2, -0.15) is 0 Å². The molecule has 6 heteroatoms. The number of carbonyl (C=O) groups is 1. The van der Waals surface area contributed by atoms with Gasteiger partial charge in [0.05, 0.1) is 0 Å². The first-order valence-electron chi connectivity index (χ1n) is 7.62. The highest BCUT2D eigenvalue weighted by atomic mass is 16.5. The summed E-state index contributed by atoms with van der Waals surface area (Å²) in [5.41, 5.74) is 4.67. The number of hydrogen-bond donors (Lipinski definition) is 4. The summed E-state index contributed by atoms with van der Waals surface area (Å²) in [7, 11) is 0. The molecule has 126 valence electrons. The highest BCUT2D eigenvalue weighted by Crippen LogP contribution is 2.24. The number of ether oxygens (including phenoxy) is 1. The number of amides is 1. The minimum Gasteiger partial charge on any atom is -0.368 e. The Morgan fingerprint density at radius 3 is 2.29 bits per heavy atom. The SMILES string of the molecule is CCC(N)(CCC(O)O)OCCC(C)(C)C(=O)NC(C)C. The monoisotopic (exact) mass is 304 g/mol. The van der Waals surface area contributed by atoms with Crippen LogP contribution in [0.2, 0.25) is 0 Å². The van der Waals surface area contributed by atoms with Crippen molar-refractivity contribution in [2.24, 2.45) is 11.1 Å². The van der Waals surface area contributed by atoms with E-state index in [0.29, 0.717) is 25.9 Å². The van der Waals surface area contributed by atoms with Gasteiger partial charge in [0.25, 0.3) is 0 Å². The molecular formula is C15H32N2O4. The van der Waals surface area contributed by atoms with Crippen molar-refractivity contribution >= 4 is 5.91 Å². The molecule has 0 fully saturated rings. The van der Waals surface area contributed by atoms with Gasteiger partial charge in [0.15, 0.2) is 6.29 Å². The van der Waals surface area contributed by atoms with Crippen molar-refractivity contribution in [3.05, 3.63) is 0 Å². The highest BCUT2D eigenvalue weighted by molar-refractivity contribution is 5.81. The zero-order valence-electron chi connectivity index (χ0n) is 14.0. The van der Waals surface area contributed by atoms with Gasteiger partial charge in [-0.1, -0.05) is 20.8 Å². The molecule has 6 nitrogen and oxygen atoms in total. The molecule has 1 unspecified atom stereocenters. The minimum absolute atomic E-state index is 0.00833. The molecule has 5 N–H and O–H groups in total. The van der Waals surface area contributed by atoms with Crippen LogP contribution in [0.1, 0.15) is 60.3 Å². The molecule has 0 saturated carbocycles. The number of aliphatic hydroxyl groups excluding tert-OH is 1. The Kier molecular flexibility index (Phi) is 8.39. The van der Waals surface area contributed by atoms with E-state index >= 15 is 0 Å². The topological polar surface area (TPSA) is 105 Å². The van der Waals surface area contributed by atoms with Crippen LogP contribution in [0, 0.1) is 5.41 Å². The van der Waals surface area contributed by atoms with Gasteiger partial charge in [0, 0.05) is 24.5 Å². The maximum atomic E-state index is 12.1. The van der Waals surface area contributed by atoms with Crippen molar-refractivity contribution in [3.63, 3.8) is 0 Å². The van der Waals surface area contributed by atoms with E-state index < -0.39 is 17.4 Å². The first-order valence-corrected chi connectivity index (χ1v) is 7.62. The van der Waals surface area contributed by atoms with E-state index in [4.69, 9.17) is 20.7 Å². The van der Waals surface area contributed by atoms with Gasteiger partial charge in [-0.05, 0) is 33.1 Å². The second-order valence-corrected chi connectivity index (χ2v) is 6.55. The standard InChI is InChI=1S/C15H32N2O4/c1-6-15(16,8-7-12(18)19)21-10-9-14(4,5)13(20)17-11(2)3/h11-12,18-19H,6-10,16H2,1-5H3,(H,17,20). The number of aliphatic hydroxyl groups is 2. The molecule has 0 heterocycles. The molecule has 0 aromatic heterocycles. The average molecular weight is 304 g/mol. The summed E-state index contributed by atoms with van der Waals surface area (Å²) in [6.45, 7) is 9.83. The first-order chi connectivity index (χ1) is 9.52. The smallest absolute Gasteiger partial charge is 0.225 e. The van der Waals surface area contributed by atoms with Crippen molar-refractivity contribution in [3.8, 4) is 0 Å². The van der Waals surface area contributed by atoms with E-state index in [-0.39, 0.29) is 18.4 Å². The summed E-state index contributed by atoms with van der Waals surface area (Å²) in [4.78, 5) is 12.1. The lowest BCUT2D eigenvalue weighted by Crippen LogP contribution is -2.45. The second kappa shape index (κ2) is 8.68. The van der Waals surface area contributed by atoms with E-state index in [9.17, 15) is 4.79 Å². The fourth-order valence-electron chi connectivity index (χ4n) is 1.80. The van der Waals surface area contributed by atoms with Gasteiger partial charge >= 0.3 is 0 Å². The van der Waals surface area contributed by atoms with E-state index in [0.717, 1.165) is 0 Å². The molecule has 0 aromatic carbocycles. The molecule has 0 aromatic rings. The molecule has 0 radical (unpaired) electrons. The third-order valence-corrected chi connectivity index (χ3v) is 3.58. The van der Waals surface area contributed by atoms with E-state index in [2.05, 4.69) is 5.32 Å². The van der Waals surface area contributed by atoms with Crippen molar-refractivity contribution in [2.45, 2.75) is 78.4 Å². The maximum absolute atomic E-state index is 12.1. The molecule has 0 spiro atoms. The lowest BCUT2D eigenvalue weighted by Gasteiger charge is -2.31. The fourth-order valence-corrected chi connectivity index (χ4v) is 1.80. The highest BCUT2D eigenvalue weighted by Gasteiger charge is 2.30. The number of nitrogens with two attached hydrogens (primary N) is 1. The van der Waals surface area contributed by atoms with Gasteiger partial charge in [-0.3, -0.25) is 4.79 Å². The first kappa shape index (κ1) is 20.3. The third-order valence-electron chi connectivity index (χ3n) is 3.58. The number of carbonyl (C=O) groups excluding carboxylic acids is 1. The summed E-state index contributed by atoms with van der Waals surface area (Å²) in [6.07, 6.45) is 0.266. The molecule has 21 heavy (non-hydrogen) atoms. The van der Waals surface area contributed by atoms with Crippen LogP contribution in [0.3, 0.4) is 0 Å². The number of rotatable bonds is 10. The van der Waals surface area contributed by atoms with Crippen LogP contribution in [-0.2, 0) is 9.53 Å². The van der Waals surface area contributed by atoms with Crippen LogP contribution in [0.4, 0.5) is 0 Å². The van der Waals surface area contributed by atoms with Crippen molar-refractivity contribution in [1.82, 2.24) is 5.32 Å². The van der Waals surface area contributed by atoms with Gasteiger partial charge < -0.3 is 26.0 Å². The summed E-state index contributed by atoms with van der Waals surface area (Å²) in [5, 5.41) is 20.7. The minimum atomic E-state index is -1.38. The predicted octanol–water partition coefficient (Wildman–Crippen LogP) is 1.10. The van der Waals surface area contributed by atoms with E-state index in [1.807, 2.05) is 34.6 Å². The van der Waals surface area contributed by atoms with Crippen molar-refractivity contribution < 1.29 is 19.7 Å². The fraction of sp³-hybridized carbons (Fsp3) is 0.933. The van der Waals surface area contributed by atoms with Crippen LogP contribution >= 0.6 is 0 Å². The van der Waals surface area contributed by atoms with Gasteiger partial charge in [-0.15, -0.1) is 0 Å². The normalized spacial score (nSPS) is 15.3. The van der Waals surface area contributed by atoms with E-state index in [1.54, 1.807) is 0 Å². The van der Waals surface area contributed by atoms with Crippen LogP contribution in [0.25, 0.3) is 0 Å². The quantitative estimate of drug-likeness (QED) is 0.452. The Balaban J connectivity index is 4.33. The lowest BCUT2D eigenvalue weighted by atomic mass is 9.88. The molecule has 1 amide bonds. The Labute approximate surface area is 128 Å². The summed E-state index contributed by atoms with van der Waals surface area (Å²) < 4.78 is 5.70. The summed E-state index contributed by atoms with van der Waals surface area (Å²) >= 11 is 0. The zero-order chi connectivity index (χ0) is 16.7. The second-order valence-electron chi connectivity index (χ2n) is 6.55. The Morgan fingerprint density at radius 2 is 1.86 bits per heavy atom. The third kappa shape index (κ3) is 8.36. The Bertz CT molecular complexity index is 319. The average Bonchev–Trinajstić information content (AvgIpc) is 2.35. The van der Waals surface area contributed by atoms with Crippen molar-refractivity contribution in [1.29, 1.82) is 0 Å². The molecule has 0 aliphatic heterocycles. The van der Waals surface area contributed by atoms with E-state index in [1.165, 1.54) is 0 Å². The Hall–Kier alpha value is -0.690. The van der Waals surface area contributed by atoms with Gasteiger partial charge in [0.1, 0.15) is 5.72 Å². The summed E-state index contributed by atoms with van der Waals surface area (Å²) in [5.74, 6) is -0.00833. The van der Waals surface area contributed by atoms with Crippen LogP contribution in [-0.4, -0.2) is 40.8 Å². The molecule has 0 aliphatic rings. The molecule has 0 aliphatic carbocycles. The zero-order valence-corrected chi connectivity index (χ0v) is 14.0. The van der Waals surface area contributed by atoms with Crippen LogP contribution in [0.15, 0.2) is 0 Å². The molecular weight excluding hydrogens is 272 g/mol. The van der Waals surface area contributed by atoms with Gasteiger partial charge in [-0.25, -0.2) is 0 Å². The summed E-state index contributed by atoms with van der Waals surface area (Å²) in [6, 6.07) is 0.105.